The Bertz CT molecular complexity index is 171. The molecule has 64 valence electrons. The first-order valence-electron chi connectivity index (χ1n) is 3.80. The molecule has 1 heterocycles. The standard InChI is InChI=1S/C7H13NO3/c1-2-7(11)4-3-5(9)8-6(7)10/h5,9,11H,2-4H2,1H3,(H,8,10). The van der Waals surface area contributed by atoms with Crippen LogP contribution in [0.5, 0.6) is 0 Å². The fourth-order valence-electron chi connectivity index (χ4n) is 1.18. The van der Waals surface area contributed by atoms with Gasteiger partial charge in [-0.3, -0.25) is 4.79 Å². The van der Waals surface area contributed by atoms with Crippen molar-refractivity contribution in [3.05, 3.63) is 0 Å². The summed E-state index contributed by atoms with van der Waals surface area (Å²) in [5.74, 6) is -0.459. The zero-order chi connectivity index (χ0) is 8.48. The summed E-state index contributed by atoms with van der Waals surface area (Å²) in [5.41, 5.74) is -1.25. The van der Waals surface area contributed by atoms with E-state index in [-0.39, 0.29) is 0 Å². The van der Waals surface area contributed by atoms with Gasteiger partial charge in [-0.2, -0.15) is 0 Å². The smallest absolute Gasteiger partial charge is 0.253 e. The molecule has 3 N–H and O–H groups in total. The number of hydrogen-bond acceptors (Lipinski definition) is 3. The molecule has 0 aromatic rings. The van der Waals surface area contributed by atoms with E-state index in [1.165, 1.54) is 0 Å². The molecule has 11 heavy (non-hydrogen) atoms. The van der Waals surface area contributed by atoms with Crippen molar-refractivity contribution in [2.45, 2.75) is 38.0 Å². The van der Waals surface area contributed by atoms with Gasteiger partial charge in [0, 0.05) is 0 Å². The molecule has 2 unspecified atom stereocenters. The number of piperidine rings is 1. The van der Waals surface area contributed by atoms with Crippen LogP contribution in [0.1, 0.15) is 26.2 Å². The number of carbonyl (C=O) groups excluding carboxylic acids is 1. The Morgan fingerprint density at radius 2 is 2.45 bits per heavy atom. The molecule has 0 aromatic heterocycles. The molecule has 0 aromatic carbocycles. The molecule has 1 rings (SSSR count). The van der Waals surface area contributed by atoms with Gasteiger partial charge in [0.05, 0.1) is 0 Å². The second-order valence-corrected chi connectivity index (χ2v) is 2.91. The van der Waals surface area contributed by atoms with E-state index in [1.807, 2.05) is 0 Å². The molecule has 1 amide bonds. The first-order chi connectivity index (χ1) is 5.08. The third kappa shape index (κ3) is 1.52. The van der Waals surface area contributed by atoms with Crippen LogP contribution in [0.25, 0.3) is 0 Å². The van der Waals surface area contributed by atoms with Crippen LogP contribution in [0.15, 0.2) is 0 Å². The normalized spacial score (nSPS) is 38.5. The van der Waals surface area contributed by atoms with Crippen LogP contribution in [0.4, 0.5) is 0 Å². The number of aliphatic hydroxyl groups excluding tert-OH is 1. The van der Waals surface area contributed by atoms with Gasteiger partial charge in [0.2, 0.25) is 0 Å². The van der Waals surface area contributed by atoms with E-state index in [4.69, 9.17) is 5.11 Å². The minimum absolute atomic E-state index is 0.344. The number of nitrogens with one attached hydrogen (secondary N) is 1. The molecule has 1 aliphatic heterocycles. The Morgan fingerprint density at radius 1 is 1.82 bits per heavy atom. The topological polar surface area (TPSA) is 69.6 Å². The molecule has 1 aliphatic rings. The van der Waals surface area contributed by atoms with Crippen molar-refractivity contribution in [1.82, 2.24) is 5.32 Å². The summed E-state index contributed by atoms with van der Waals surface area (Å²) in [6.07, 6.45) is 0.382. The average molecular weight is 159 g/mol. The highest BCUT2D eigenvalue weighted by atomic mass is 16.3. The Balaban J connectivity index is 2.64. The van der Waals surface area contributed by atoms with Crippen molar-refractivity contribution >= 4 is 5.91 Å². The van der Waals surface area contributed by atoms with E-state index in [2.05, 4.69) is 5.32 Å². The summed E-state index contributed by atoms with van der Waals surface area (Å²) in [7, 11) is 0. The molecule has 0 saturated carbocycles. The zero-order valence-electron chi connectivity index (χ0n) is 6.50. The van der Waals surface area contributed by atoms with Gasteiger partial charge in [0.25, 0.3) is 5.91 Å². The van der Waals surface area contributed by atoms with Crippen LogP contribution < -0.4 is 5.32 Å². The number of rotatable bonds is 1. The molecule has 0 aliphatic carbocycles. The third-order valence-electron chi connectivity index (χ3n) is 2.14. The lowest BCUT2D eigenvalue weighted by Crippen LogP contribution is -2.54. The average Bonchev–Trinajstić information content (AvgIpc) is 1.98. The Hall–Kier alpha value is -0.610. The highest BCUT2D eigenvalue weighted by Gasteiger charge is 2.38. The summed E-state index contributed by atoms with van der Waals surface area (Å²) in [6.45, 7) is 1.75. The lowest BCUT2D eigenvalue weighted by atomic mass is 9.90. The zero-order valence-corrected chi connectivity index (χ0v) is 6.50. The second-order valence-electron chi connectivity index (χ2n) is 2.91. The summed E-state index contributed by atoms with van der Waals surface area (Å²) in [4.78, 5) is 11.0. The molecule has 0 bridgehead atoms. The highest BCUT2D eigenvalue weighted by molar-refractivity contribution is 5.85. The molecular weight excluding hydrogens is 146 g/mol. The van der Waals surface area contributed by atoms with Crippen LogP contribution in [0.2, 0.25) is 0 Å². The summed E-state index contributed by atoms with van der Waals surface area (Å²) in [5, 5.41) is 20.8. The predicted octanol–water partition coefficient (Wildman–Crippen LogP) is -0.644. The summed E-state index contributed by atoms with van der Waals surface area (Å²) in [6, 6.07) is 0. The van der Waals surface area contributed by atoms with Gasteiger partial charge >= 0.3 is 0 Å². The molecule has 0 spiro atoms. The van der Waals surface area contributed by atoms with E-state index >= 15 is 0 Å². The molecule has 4 heteroatoms. The van der Waals surface area contributed by atoms with Gasteiger partial charge in [0.15, 0.2) is 0 Å². The van der Waals surface area contributed by atoms with Gasteiger partial charge in [-0.05, 0) is 19.3 Å². The molecule has 0 radical (unpaired) electrons. The Kier molecular flexibility index (Phi) is 2.15. The minimum Gasteiger partial charge on any atom is -0.380 e. The fraction of sp³-hybridized carbons (Fsp3) is 0.857. The van der Waals surface area contributed by atoms with Gasteiger partial charge in [0.1, 0.15) is 11.8 Å². The lowest BCUT2D eigenvalue weighted by Gasteiger charge is -2.32. The van der Waals surface area contributed by atoms with Crippen LogP contribution in [0.3, 0.4) is 0 Å². The third-order valence-corrected chi connectivity index (χ3v) is 2.14. The van der Waals surface area contributed by atoms with Gasteiger partial charge in [-0.1, -0.05) is 6.92 Å². The highest BCUT2D eigenvalue weighted by Crippen LogP contribution is 2.22. The van der Waals surface area contributed by atoms with Crippen molar-refractivity contribution in [2.75, 3.05) is 0 Å². The molecule has 2 atom stereocenters. The second kappa shape index (κ2) is 2.79. The van der Waals surface area contributed by atoms with Gasteiger partial charge in [-0.25, -0.2) is 0 Å². The lowest BCUT2D eigenvalue weighted by molar-refractivity contribution is -0.150. The van der Waals surface area contributed by atoms with Crippen molar-refractivity contribution in [3.8, 4) is 0 Å². The SMILES string of the molecule is CCC1(O)CCC(O)NC1=O. The molecule has 1 fully saturated rings. The van der Waals surface area contributed by atoms with Crippen molar-refractivity contribution in [1.29, 1.82) is 0 Å². The summed E-state index contributed by atoms with van der Waals surface area (Å²) >= 11 is 0. The maximum atomic E-state index is 11.0. The van der Waals surface area contributed by atoms with E-state index in [0.717, 1.165) is 0 Å². The summed E-state index contributed by atoms with van der Waals surface area (Å²) < 4.78 is 0. The first-order valence-corrected chi connectivity index (χ1v) is 3.80. The van der Waals surface area contributed by atoms with Gasteiger partial charge in [-0.15, -0.1) is 0 Å². The number of carbonyl (C=O) groups is 1. The largest absolute Gasteiger partial charge is 0.380 e. The quantitative estimate of drug-likeness (QED) is 0.476. The molecule has 1 saturated heterocycles. The van der Waals surface area contributed by atoms with Crippen LogP contribution in [0, 0.1) is 0 Å². The van der Waals surface area contributed by atoms with E-state index in [9.17, 15) is 9.90 Å². The van der Waals surface area contributed by atoms with Crippen molar-refractivity contribution < 1.29 is 15.0 Å². The maximum absolute atomic E-state index is 11.0. The van der Waals surface area contributed by atoms with Gasteiger partial charge < -0.3 is 15.5 Å². The van der Waals surface area contributed by atoms with Crippen molar-refractivity contribution in [3.63, 3.8) is 0 Å². The van der Waals surface area contributed by atoms with E-state index < -0.39 is 17.7 Å². The van der Waals surface area contributed by atoms with Crippen molar-refractivity contribution in [2.24, 2.45) is 0 Å². The first kappa shape index (κ1) is 8.49. The predicted molar refractivity (Wildman–Crippen MR) is 38.6 cm³/mol. The fourth-order valence-corrected chi connectivity index (χ4v) is 1.18. The number of hydrogen-bond donors (Lipinski definition) is 3. The Labute approximate surface area is 65.2 Å². The monoisotopic (exact) mass is 159 g/mol. The molecular formula is C7H13NO3. The van der Waals surface area contributed by atoms with E-state index in [1.54, 1.807) is 6.92 Å². The van der Waals surface area contributed by atoms with Crippen LogP contribution in [-0.4, -0.2) is 27.9 Å². The van der Waals surface area contributed by atoms with Crippen LogP contribution in [-0.2, 0) is 4.79 Å². The maximum Gasteiger partial charge on any atom is 0.253 e. The molecule has 4 nitrogen and oxygen atoms in total. The van der Waals surface area contributed by atoms with Crippen LogP contribution >= 0.6 is 0 Å². The van der Waals surface area contributed by atoms with E-state index in [0.29, 0.717) is 19.3 Å². The number of aliphatic hydroxyl groups is 2. The minimum atomic E-state index is -1.25. The Morgan fingerprint density at radius 3 is 2.91 bits per heavy atom. The number of amides is 1.